The van der Waals surface area contributed by atoms with Gasteiger partial charge in [0.05, 0.1) is 56.5 Å². The first kappa shape index (κ1) is 36.9. The Morgan fingerprint density at radius 2 is 1.37 bits per heavy atom. The van der Waals surface area contributed by atoms with Crippen molar-refractivity contribution in [2.45, 2.75) is 89.4 Å². The van der Waals surface area contributed by atoms with E-state index >= 15 is 0 Å². The number of ether oxygens (including phenoxy) is 2. The van der Waals surface area contributed by atoms with Gasteiger partial charge in [-0.2, -0.15) is 0 Å². The Bertz CT molecular complexity index is 1970. The molecule has 13 nitrogen and oxygen atoms in total. The highest BCUT2D eigenvalue weighted by molar-refractivity contribution is 5.87. The molecule has 13 heteroatoms. The second-order valence-electron chi connectivity index (χ2n) is 15.0. The molecule has 0 spiro atoms. The molecular formula is C41H49N7O6. The minimum absolute atomic E-state index is 0.0327. The van der Waals surface area contributed by atoms with Crippen LogP contribution in [0.25, 0.3) is 33.6 Å². The molecule has 2 aromatic heterocycles. The van der Waals surface area contributed by atoms with Gasteiger partial charge in [0, 0.05) is 18.5 Å². The minimum atomic E-state index is -0.683. The molecule has 0 aliphatic carbocycles. The topological polar surface area (TPSA) is 163 Å². The average Bonchev–Trinajstić information content (AvgIpc) is 4.02. The Kier molecular flexibility index (Phi) is 10.8. The van der Waals surface area contributed by atoms with Gasteiger partial charge in [-0.15, -0.1) is 0 Å². The first-order chi connectivity index (χ1) is 26.1. The predicted molar refractivity (Wildman–Crippen MR) is 201 cm³/mol. The molecule has 0 radical (unpaired) electrons. The predicted octanol–water partition coefficient (Wildman–Crippen LogP) is 6.57. The summed E-state index contributed by atoms with van der Waals surface area (Å²) in [5, 5.41) is 2.70. The van der Waals surface area contributed by atoms with E-state index < -0.39 is 12.1 Å². The number of esters is 1. The number of nitrogens with zero attached hydrogens (tertiary/aromatic N) is 4. The number of carbonyl (C=O) groups is 4. The normalized spacial score (nSPS) is 21.8. The Morgan fingerprint density at radius 3 is 1.94 bits per heavy atom. The number of H-pyrrole nitrogens is 2. The second-order valence-corrected chi connectivity index (χ2v) is 15.0. The highest BCUT2D eigenvalue weighted by Crippen LogP contribution is 2.42. The maximum atomic E-state index is 13.6. The molecule has 7 rings (SSSR count). The minimum Gasteiger partial charge on any atom is -0.469 e. The lowest BCUT2D eigenvalue weighted by molar-refractivity contribution is -0.147. The molecule has 4 aromatic rings. The number of benzene rings is 2. The van der Waals surface area contributed by atoms with Crippen LogP contribution >= 0.6 is 0 Å². The summed E-state index contributed by atoms with van der Waals surface area (Å²) in [6.45, 7) is 4.40. The van der Waals surface area contributed by atoms with E-state index in [9.17, 15) is 19.2 Å². The monoisotopic (exact) mass is 735 g/mol. The number of amides is 3. The number of aromatic nitrogens is 4. The van der Waals surface area contributed by atoms with Crippen LogP contribution in [0, 0.1) is 11.8 Å². The Morgan fingerprint density at radius 1 is 0.778 bits per heavy atom. The van der Waals surface area contributed by atoms with Crippen LogP contribution in [0.2, 0.25) is 0 Å². The van der Waals surface area contributed by atoms with Crippen molar-refractivity contribution >= 4 is 23.9 Å². The molecule has 5 atom stereocenters. The number of hydrogen-bond acceptors (Lipinski definition) is 8. The lowest BCUT2D eigenvalue weighted by Crippen LogP contribution is -2.51. The van der Waals surface area contributed by atoms with Crippen molar-refractivity contribution in [1.29, 1.82) is 0 Å². The molecule has 54 heavy (non-hydrogen) atoms. The third-order valence-electron chi connectivity index (χ3n) is 11.3. The zero-order chi connectivity index (χ0) is 37.9. The third-order valence-corrected chi connectivity index (χ3v) is 11.3. The van der Waals surface area contributed by atoms with Crippen molar-refractivity contribution in [1.82, 2.24) is 35.1 Å². The average molecular weight is 736 g/mol. The molecule has 0 unspecified atom stereocenters. The van der Waals surface area contributed by atoms with Gasteiger partial charge in [-0.05, 0) is 66.7 Å². The quantitative estimate of drug-likeness (QED) is 0.154. The van der Waals surface area contributed by atoms with E-state index in [-0.39, 0.29) is 54.2 Å². The van der Waals surface area contributed by atoms with E-state index in [1.165, 1.54) is 14.2 Å². The molecule has 284 valence electrons. The molecule has 3 aliphatic rings. The van der Waals surface area contributed by atoms with E-state index in [0.29, 0.717) is 13.0 Å². The molecule has 2 aromatic carbocycles. The van der Waals surface area contributed by atoms with Gasteiger partial charge in [-0.1, -0.05) is 68.8 Å². The van der Waals surface area contributed by atoms with Gasteiger partial charge in [-0.25, -0.2) is 14.8 Å². The molecule has 5 heterocycles. The zero-order valence-corrected chi connectivity index (χ0v) is 31.3. The number of methoxy groups -OCH3 is 2. The number of nitrogens with one attached hydrogen (secondary N) is 3. The van der Waals surface area contributed by atoms with Crippen LogP contribution < -0.4 is 5.32 Å². The van der Waals surface area contributed by atoms with Crippen LogP contribution in [-0.2, 0) is 23.9 Å². The summed E-state index contributed by atoms with van der Waals surface area (Å²) >= 11 is 0. The number of rotatable bonds is 10. The van der Waals surface area contributed by atoms with Crippen molar-refractivity contribution in [3.63, 3.8) is 0 Å². The summed E-state index contributed by atoms with van der Waals surface area (Å²) in [5.41, 5.74) is 5.88. The summed E-state index contributed by atoms with van der Waals surface area (Å²) in [7, 11) is 2.66. The molecule has 3 amide bonds. The number of fused-ring (bicyclic) bond motifs is 1. The fourth-order valence-corrected chi connectivity index (χ4v) is 8.36. The smallest absolute Gasteiger partial charge is 0.407 e. The number of carbonyl (C=O) groups excluding carboxylic acids is 4. The Hall–Kier alpha value is -5.46. The first-order valence-electron chi connectivity index (χ1n) is 19.0. The van der Waals surface area contributed by atoms with Crippen molar-refractivity contribution in [2.24, 2.45) is 11.8 Å². The van der Waals surface area contributed by atoms with Gasteiger partial charge in [0.25, 0.3) is 0 Å². The number of alkyl carbamates (subject to hydrolysis) is 1. The van der Waals surface area contributed by atoms with Crippen LogP contribution in [-0.4, -0.2) is 86.5 Å². The van der Waals surface area contributed by atoms with Crippen LogP contribution in [0.5, 0.6) is 0 Å². The molecule has 3 fully saturated rings. The fourth-order valence-electron chi connectivity index (χ4n) is 8.36. The number of likely N-dealkylation sites (tertiary alicyclic amines) is 1. The van der Waals surface area contributed by atoms with Crippen LogP contribution in [0.3, 0.4) is 0 Å². The summed E-state index contributed by atoms with van der Waals surface area (Å²) < 4.78 is 9.62. The van der Waals surface area contributed by atoms with E-state index in [1.54, 1.807) is 6.20 Å². The number of hydrogen-bond donors (Lipinski definition) is 3. The molecule has 3 N–H and O–H groups in total. The van der Waals surface area contributed by atoms with E-state index in [2.05, 4.69) is 68.8 Å². The highest BCUT2D eigenvalue weighted by atomic mass is 16.5. The van der Waals surface area contributed by atoms with E-state index in [4.69, 9.17) is 14.5 Å². The van der Waals surface area contributed by atoms with Gasteiger partial charge in [0.2, 0.25) is 11.8 Å². The van der Waals surface area contributed by atoms with Crippen LogP contribution in [0.1, 0.15) is 88.9 Å². The number of imidazole rings is 2. The van der Waals surface area contributed by atoms with Crippen molar-refractivity contribution in [3.8, 4) is 33.6 Å². The summed E-state index contributed by atoms with van der Waals surface area (Å²) in [6.07, 6.45) is 9.13. The largest absolute Gasteiger partial charge is 0.469 e. The maximum Gasteiger partial charge on any atom is 0.407 e. The summed E-state index contributed by atoms with van der Waals surface area (Å²) in [6, 6.07) is 15.8. The van der Waals surface area contributed by atoms with Crippen molar-refractivity contribution < 1.29 is 28.7 Å². The SMILES string of the molecule is COC(=O)C[C@H]1CCC[C@H]2CC[C@@H](c3ncc(-c4ccc(-c5ccc(-c6cnc([C@@H]7CCCN7C(=O)[C@@H](NC(=O)OC)C(C)C)[nH]6)cc5)cc4)[nH]3)N2C1=O. The van der Waals surface area contributed by atoms with Crippen molar-refractivity contribution in [2.75, 3.05) is 20.8 Å². The van der Waals surface area contributed by atoms with Crippen LogP contribution in [0.4, 0.5) is 4.79 Å². The summed E-state index contributed by atoms with van der Waals surface area (Å²) in [5.74, 6) is 0.613. The first-order valence-corrected chi connectivity index (χ1v) is 19.0. The van der Waals surface area contributed by atoms with Crippen molar-refractivity contribution in [3.05, 3.63) is 72.6 Å². The third kappa shape index (κ3) is 7.49. The second kappa shape index (κ2) is 15.9. The molecule has 3 aliphatic heterocycles. The summed E-state index contributed by atoms with van der Waals surface area (Å²) in [4.78, 5) is 71.2. The lowest BCUT2D eigenvalue weighted by atomic mass is 9.97. The van der Waals surface area contributed by atoms with E-state index in [0.717, 1.165) is 83.8 Å². The van der Waals surface area contributed by atoms with Crippen LogP contribution in [0.15, 0.2) is 60.9 Å². The molecule has 3 saturated heterocycles. The van der Waals surface area contributed by atoms with Gasteiger partial charge >= 0.3 is 12.1 Å². The number of aromatic amines is 2. The van der Waals surface area contributed by atoms with Gasteiger partial charge < -0.3 is 34.6 Å². The van der Waals surface area contributed by atoms with E-state index in [1.807, 2.05) is 29.8 Å². The molecule has 0 saturated carbocycles. The molecule has 0 bridgehead atoms. The lowest BCUT2D eigenvalue weighted by Gasteiger charge is -2.30. The van der Waals surface area contributed by atoms with Gasteiger partial charge in [-0.3, -0.25) is 14.4 Å². The molecular weight excluding hydrogens is 686 g/mol. The highest BCUT2D eigenvalue weighted by Gasteiger charge is 2.43. The zero-order valence-electron chi connectivity index (χ0n) is 31.3. The standard InChI is InChI=1S/C41H49N7O6/c1-24(2)36(46-41(52)54-4)40(51)47-20-6-9-33(47)37-42-22-31(44-37)27-14-10-25(11-15-27)26-12-16-28(17-13-26)32-23-43-38(45-32)34-19-18-30-8-5-7-29(21-35(49)53-3)39(50)48(30)34/h10-17,22-24,29-30,33-34,36H,5-9,18-21H2,1-4H3,(H,42,44)(H,43,45)(H,46,52)/t29-,30+,33+,34+,36+/m1/s1. The Labute approximate surface area is 315 Å². The Balaban J connectivity index is 1.01. The maximum absolute atomic E-state index is 13.6. The van der Waals surface area contributed by atoms with Gasteiger partial charge in [0.1, 0.15) is 17.7 Å². The van der Waals surface area contributed by atoms with Gasteiger partial charge in [0.15, 0.2) is 0 Å². The fraction of sp³-hybridized carbons (Fsp3) is 0.463.